The van der Waals surface area contributed by atoms with Gasteiger partial charge in [0.15, 0.2) is 0 Å². The summed E-state index contributed by atoms with van der Waals surface area (Å²) in [6, 6.07) is 12.8. The van der Waals surface area contributed by atoms with Crippen molar-refractivity contribution >= 4 is 5.91 Å². The summed E-state index contributed by atoms with van der Waals surface area (Å²) in [6.07, 6.45) is 6.52. The zero-order chi connectivity index (χ0) is 20.2. The number of carbonyl (C=O) groups is 1. The lowest BCUT2D eigenvalue weighted by Crippen LogP contribution is -2.32. The first kappa shape index (κ1) is 18.5. The average molecular weight is 390 g/mol. The second-order valence-corrected chi connectivity index (χ2v) is 6.60. The number of carbonyl (C=O) groups excluding carboxylic acids is 1. The van der Waals surface area contributed by atoms with Gasteiger partial charge < -0.3 is 9.88 Å². The Hall–Kier alpha value is -3.81. The molecule has 0 saturated carbocycles. The Morgan fingerprint density at radius 3 is 2.66 bits per heavy atom. The minimum Gasteiger partial charge on any atom is -0.338 e. The standard InChI is InChI=1S/C21H19FN6O/c1-27-11-10-24-20(27)19(15-6-8-17(22)9-7-15)26-21(29)18-5-3-2-4-16(18)12-28-14-23-13-25-28/h2-11,13-14,19H,12H2,1H3,(H,26,29)/t19-/m1/s1. The number of rotatable bonds is 6. The van der Waals surface area contributed by atoms with E-state index in [1.807, 2.05) is 29.8 Å². The number of nitrogens with one attached hydrogen (secondary N) is 1. The van der Waals surface area contributed by atoms with Gasteiger partial charge in [-0.1, -0.05) is 30.3 Å². The van der Waals surface area contributed by atoms with E-state index in [-0.39, 0.29) is 11.7 Å². The third-order valence-electron chi connectivity index (χ3n) is 4.66. The fourth-order valence-electron chi connectivity index (χ4n) is 3.18. The maximum absolute atomic E-state index is 13.4. The first-order valence-corrected chi connectivity index (χ1v) is 9.05. The van der Waals surface area contributed by atoms with Crippen molar-refractivity contribution in [3.8, 4) is 0 Å². The third-order valence-corrected chi connectivity index (χ3v) is 4.66. The van der Waals surface area contributed by atoms with E-state index in [2.05, 4.69) is 20.4 Å². The number of halogens is 1. The van der Waals surface area contributed by atoms with Crippen LogP contribution in [0.25, 0.3) is 0 Å². The van der Waals surface area contributed by atoms with Gasteiger partial charge in [-0.2, -0.15) is 5.10 Å². The van der Waals surface area contributed by atoms with Crippen LogP contribution in [0.5, 0.6) is 0 Å². The summed E-state index contributed by atoms with van der Waals surface area (Å²) in [5.74, 6) is 0.0635. The molecule has 0 fully saturated rings. The van der Waals surface area contributed by atoms with Crippen molar-refractivity contribution < 1.29 is 9.18 Å². The molecule has 2 aromatic heterocycles. The molecule has 0 bridgehead atoms. The van der Waals surface area contributed by atoms with Crippen LogP contribution >= 0.6 is 0 Å². The van der Waals surface area contributed by atoms with Crippen molar-refractivity contribution in [2.45, 2.75) is 12.6 Å². The minimum atomic E-state index is -0.525. The topological polar surface area (TPSA) is 77.6 Å². The summed E-state index contributed by atoms with van der Waals surface area (Å²) in [5, 5.41) is 7.15. The summed E-state index contributed by atoms with van der Waals surface area (Å²) >= 11 is 0. The predicted octanol–water partition coefficient (Wildman–Crippen LogP) is 2.72. The summed E-state index contributed by atoms with van der Waals surface area (Å²) in [7, 11) is 1.85. The molecule has 1 amide bonds. The summed E-state index contributed by atoms with van der Waals surface area (Å²) in [5.41, 5.74) is 2.08. The van der Waals surface area contributed by atoms with Gasteiger partial charge >= 0.3 is 0 Å². The van der Waals surface area contributed by atoms with Crippen LogP contribution in [0.15, 0.2) is 73.6 Å². The Balaban J connectivity index is 1.65. The monoisotopic (exact) mass is 390 g/mol. The minimum absolute atomic E-state index is 0.252. The summed E-state index contributed by atoms with van der Waals surface area (Å²) < 4.78 is 16.9. The lowest BCUT2D eigenvalue weighted by atomic mass is 10.0. The molecule has 1 atom stereocenters. The van der Waals surface area contributed by atoms with E-state index in [0.717, 1.165) is 11.1 Å². The van der Waals surface area contributed by atoms with Gasteiger partial charge in [-0.3, -0.25) is 4.79 Å². The zero-order valence-corrected chi connectivity index (χ0v) is 15.7. The molecule has 0 aliphatic rings. The Morgan fingerprint density at radius 2 is 1.97 bits per heavy atom. The largest absolute Gasteiger partial charge is 0.338 e. The third kappa shape index (κ3) is 4.06. The van der Waals surface area contributed by atoms with E-state index in [9.17, 15) is 9.18 Å². The van der Waals surface area contributed by atoms with Gasteiger partial charge in [0.2, 0.25) is 0 Å². The van der Waals surface area contributed by atoms with Crippen molar-refractivity contribution in [2.24, 2.45) is 7.05 Å². The summed E-state index contributed by atoms with van der Waals surface area (Å²) in [4.78, 5) is 21.5. The zero-order valence-electron chi connectivity index (χ0n) is 15.7. The van der Waals surface area contributed by atoms with E-state index < -0.39 is 6.04 Å². The molecule has 7 nitrogen and oxygen atoms in total. The fraction of sp³-hybridized carbons (Fsp3) is 0.143. The number of hydrogen-bond donors (Lipinski definition) is 1. The van der Waals surface area contributed by atoms with E-state index in [1.165, 1.54) is 18.5 Å². The molecular formula is C21H19FN6O. The molecule has 0 aliphatic heterocycles. The number of benzene rings is 2. The van der Waals surface area contributed by atoms with Crippen LogP contribution in [0, 0.1) is 5.82 Å². The maximum Gasteiger partial charge on any atom is 0.252 e. The second kappa shape index (κ2) is 8.05. The molecule has 0 radical (unpaired) electrons. The highest BCUT2D eigenvalue weighted by molar-refractivity contribution is 5.96. The number of hydrogen-bond acceptors (Lipinski definition) is 4. The average Bonchev–Trinajstić information content (AvgIpc) is 3.39. The fourth-order valence-corrected chi connectivity index (χ4v) is 3.18. The van der Waals surface area contributed by atoms with E-state index in [4.69, 9.17) is 0 Å². The SMILES string of the molecule is Cn1ccnc1[C@H](NC(=O)c1ccccc1Cn1cncn1)c1ccc(F)cc1. The summed E-state index contributed by atoms with van der Waals surface area (Å²) in [6.45, 7) is 0.424. The van der Waals surface area contributed by atoms with Crippen LogP contribution in [0.4, 0.5) is 4.39 Å². The van der Waals surface area contributed by atoms with Gasteiger partial charge in [-0.25, -0.2) is 19.0 Å². The molecule has 146 valence electrons. The smallest absolute Gasteiger partial charge is 0.252 e. The molecule has 0 unspecified atom stereocenters. The van der Waals surface area contributed by atoms with Crippen molar-refractivity contribution in [2.75, 3.05) is 0 Å². The van der Waals surface area contributed by atoms with E-state index in [0.29, 0.717) is 17.9 Å². The molecule has 1 N–H and O–H groups in total. The van der Waals surface area contributed by atoms with Gasteiger partial charge in [-0.05, 0) is 29.3 Å². The normalized spacial score (nSPS) is 11.9. The molecule has 2 aromatic carbocycles. The number of aromatic nitrogens is 5. The van der Waals surface area contributed by atoms with Gasteiger partial charge in [0.25, 0.3) is 5.91 Å². The highest BCUT2D eigenvalue weighted by atomic mass is 19.1. The first-order valence-electron chi connectivity index (χ1n) is 9.05. The Bertz CT molecular complexity index is 1100. The van der Waals surface area contributed by atoms with Crippen molar-refractivity contribution in [3.63, 3.8) is 0 Å². The van der Waals surface area contributed by atoms with Crippen molar-refractivity contribution in [1.29, 1.82) is 0 Å². The van der Waals surface area contributed by atoms with Gasteiger partial charge in [0.1, 0.15) is 30.3 Å². The van der Waals surface area contributed by atoms with E-state index >= 15 is 0 Å². The van der Waals surface area contributed by atoms with E-state index in [1.54, 1.807) is 41.6 Å². The van der Waals surface area contributed by atoms with Crippen LogP contribution in [0.3, 0.4) is 0 Å². The maximum atomic E-state index is 13.4. The molecule has 0 aliphatic carbocycles. The highest BCUT2D eigenvalue weighted by Crippen LogP contribution is 2.22. The molecule has 2 heterocycles. The number of amides is 1. The molecule has 8 heteroatoms. The predicted molar refractivity (Wildman–Crippen MR) is 104 cm³/mol. The molecular weight excluding hydrogens is 371 g/mol. The molecule has 0 saturated heterocycles. The van der Waals surface area contributed by atoms with Gasteiger partial charge in [0, 0.05) is 25.0 Å². The number of nitrogens with zero attached hydrogens (tertiary/aromatic N) is 5. The van der Waals surface area contributed by atoms with Crippen molar-refractivity contribution in [3.05, 3.63) is 102 Å². The lowest BCUT2D eigenvalue weighted by Gasteiger charge is -2.20. The Morgan fingerprint density at radius 1 is 1.17 bits per heavy atom. The van der Waals surface area contributed by atoms with Crippen LogP contribution in [0.2, 0.25) is 0 Å². The molecule has 4 rings (SSSR count). The quantitative estimate of drug-likeness (QED) is 0.549. The van der Waals surface area contributed by atoms with Crippen LogP contribution < -0.4 is 5.32 Å². The van der Waals surface area contributed by atoms with Crippen molar-refractivity contribution in [1.82, 2.24) is 29.6 Å². The molecule has 0 spiro atoms. The highest BCUT2D eigenvalue weighted by Gasteiger charge is 2.22. The first-order chi connectivity index (χ1) is 14.1. The lowest BCUT2D eigenvalue weighted by molar-refractivity contribution is 0.0940. The second-order valence-electron chi connectivity index (χ2n) is 6.60. The Labute approximate surface area is 166 Å². The van der Waals surface area contributed by atoms with Gasteiger partial charge in [0.05, 0.1) is 6.54 Å². The van der Waals surface area contributed by atoms with Crippen LogP contribution in [0.1, 0.15) is 33.4 Å². The molecule has 4 aromatic rings. The van der Waals surface area contributed by atoms with Crippen LogP contribution in [-0.2, 0) is 13.6 Å². The Kier molecular flexibility index (Phi) is 5.15. The number of aryl methyl sites for hydroxylation is 1. The molecule has 29 heavy (non-hydrogen) atoms. The van der Waals surface area contributed by atoms with Crippen LogP contribution in [-0.4, -0.2) is 30.2 Å². The number of imidazole rings is 1. The van der Waals surface area contributed by atoms with Gasteiger partial charge in [-0.15, -0.1) is 0 Å².